The van der Waals surface area contributed by atoms with Crippen LogP contribution in [0.3, 0.4) is 0 Å². The number of rotatable bonds is 8. The zero-order chi connectivity index (χ0) is 14.1. The van der Waals surface area contributed by atoms with Gasteiger partial charge in [0.05, 0.1) is 18.8 Å². The standard InChI is InChI=1S/C14H22N2O3/c1-16(2)8-11-18-9-3-10-19-14(17)12-4-6-13(15)7-5-12/h4-7H,3,8-11,15H2,1-2H3. The molecule has 0 bridgehead atoms. The predicted molar refractivity (Wildman–Crippen MR) is 75.1 cm³/mol. The number of hydrogen-bond donors (Lipinski definition) is 1. The molecule has 0 radical (unpaired) electrons. The van der Waals surface area contributed by atoms with E-state index >= 15 is 0 Å². The molecule has 2 N–H and O–H groups in total. The molecule has 5 heteroatoms. The molecule has 0 saturated carbocycles. The molecule has 5 nitrogen and oxygen atoms in total. The first-order valence-electron chi connectivity index (χ1n) is 6.34. The molecule has 0 amide bonds. The van der Waals surface area contributed by atoms with E-state index in [0.717, 1.165) is 6.54 Å². The second-order valence-electron chi connectivity index (χ2n) is 4.53. The normalized spacial score (nSPS) is 10.7. The van der Waals surface area contributed by atoms with Crippen LogP contribution in [0.15, 0.2) is 24.3 Å². The smallest absolute Gasteiger partial charge is 0.338 e. The van der Waals surface area contributed by atoms with Gasteiger partial charge in [0.1, 0.15) is 0 Å². The Kier molecular flexibility index (Phi) is 6.92. The van der Waals surface area contributed by atoms with Crippen molar-refractivity contribution in [2.45, 2.75) is 6.42 Å². The maximum absolute atomic E-state index is 11.6. The van der Waals surface area contributed by atoms with Crippen molar-refractivity contribution in [2.24, 2.45) is 0 Å². The second-order valence-corrected chi connectivity index (χ2v) is 4.53. The summed E-state index contributed by atoms with van der Waals surface area (Å²) in [5.74, 6) is -0.326. The van der Waals surface area contributed by atoms with E-state index in [2.05, 4.69) is 4.90 Å². The molecule has 19 heavy (non-hydrogen) atoms. The maximum Gasteiger partial charge on any atom is 0.338 e. The van der Waals surface area contributed by atoms with E-state index in [9.17, 15) is 4.79 Å². The summed E-state index contributed by atoms with van der Waals surface area (Å²) in [5.41, 5.74) is 6.69. The van der Waals surface area contributed by atoms with Gasteiger partial charge in [-0.25, -0.2) is 4.79 Å². The zero-order valence-corrected chi connectivity index (χ0v) is 11.6. The number of hydrogen-bond acceptors (Lipinski definition) is 5. The van der Waals surface area contributed by atoms with Gasteiger partial charge < -0.3 is 20.1 Å². The molecule has 1 aromatic carbocycles. The van der Waals surface area contributed by atoms with E-state index in [1.165, 1.54) is 0 Å². The van der Waals surface area contributed by atoms with Gasteiger partial charge in [0.15, 0.2) is 0 Å². The van der Waals surface area contributed by atoms with Crippen LogP contribution in [-0.2, 0) is 9.47 Å². The number of ether oxygens (including phenoxy) is 2. The van der Waals surface area contributed by atoms with Gasteiger partial charge in [-0.15, -0.1) is 0 Å². The minimum Gasteiger partial charge on any atom is -0.462 e. The molecule has 0 spiro atoms. The van der Waals surface area contributed by atoms with E-state index in [1.54, 1.807) is 24.3 Å². The van der Waals surface area contributed by atoms with Gasteiger partial charge in [0, 0.05) is 25.3 Å². The van der Waals surface area contributed by atoms with Gasteiger partial charge in [0.2, 0.25) is 0 Å². The Balaban J connectivity index is 2.09. The van der Waals surface area contributed by atoms with E-state index in [1.807, 2.05) is 14.1 Å². The molecule has 0 heterocycles. The average molecular weight is 266 g/mol. The lowest BCUT2D eigenvalue weighted by molar-refractivity contribution is 0.0438. The highest BCUT2D eigenvalue weighted by Gasteiger charge is 2.05. The first kappa shape index (κ1) is 15.5. The number of benzene rings is 1. The van der Waals surface area contributed by atoms with Crippen LogP contribution in [0.5, 0.6) is 0 Å². The molecular weight excluding hydrogens is 244 g/mol. The number of carbonyl (C=O) groups excluding carboxylic acids is 1. The van der Waals surface area contributed by atoms with Gasteiger partial charge >= 0.3 is 5.97 Å². The molecule has 0 saturated heterocycles. The number of esters is 1. The third-order valence-corrected chi connectivity index (χ3v) is 2.50. The fourth-order valence-electron chi connectivity index (χ4n) is 1.38. The van der Waals surface area contributed by atoms with Crippen molar-refractivity contribution in [1.82, 2.24) is 4.90 Å². The second kappa shape index (κ2) is 8.50. The summed E-state index contributed by atoms with van der Waals surface area (Å²) in [7, 11) is 4.00. The van der Waals surface area contributed by atoms with Crippen LogP contribution in [0.2, 0.25) is 0 Å². The van der Waals surface area contributed by atoms with Gasteiger partial charge in [-0.2, -0.15) is 0 Å². The molecule has 0 atom stereocenters. The molecular formula is C14H22N2O3. The molecule has 0 fully saturated rings. The highest BCUT2D eigenvalue weighted by atomic mass is 16.5. The molecule has 0 aliphatic heterocycles. The summed E-state index contributed by atoms with van der Waals surface area (Å²) in [6.07, 6.45) is 0.703. The lowest BCUT2D eigenvalue weighted by Gasteiger charge is -2.10. The van der Waals surface area contributed by atoms with Crippen LogP contribution in [0.1, 0.15) is 16.8 Å². The summed E-state index contributed by atoms with van der Waals surface area (Å²) < 4.78 is 10.5. The Morgan fingerprint density at radius 1 is 1.16 bits per heavy atom. The van der Waals surface area contributed by atoms with Crippen LogP contribution in [0.4, 0.5) is 5.69 Å². The number of nitrogen functional groups attached to an aromatic ring is 1. The third-order valence-electron chi connectivity index (χ3n) is 2.50. The van der Waals surface area contributed by atoms with Gasteiger partial charge in [0.25, 0.3) is 0 Å². The van der Waals surface area contributed by atoms with Crippen molar-refractivity contribution < 1.29 is 14.3 Å². The third kappa shape index (κ3) is 6.79. The lowest BCUT2D eigenvalue weighted by atomic mass is 10.2. The highest BCUT2D eigenvalue weighted by molar-refractivity contribution is 5.89. The molecule has 0 aliphatic rings. The Morgan fingerprint density at radius 2 is 1.84 bits per heavy atom. The molecule has 1 rings (SSSR count). The summed E-state index contributed by atoms with van der Waals surface area (Å²) in [6, 6.07) is 6.68. The monoisotopic (exact) mass is 266 g/mol. The van der Waals surface area contributed by atoms with Crippen molar-refractivity contribution in [3.63, 3.8) is 0 Å². The summed E-state index contributed by atoms with van der Waals surface area (Å²) in [5, 5.41) is 0. The van der Waals surface area contributed by atoms with Gasteiger partial charge in [-0.05, 0) is 38.4 Å². The largest absolute Gasteiger partial charge is 0.462 e. The van der Waals surface area contributed by atoms with E-state index in [-0.39, 0.29) is 5.97 Å². The molecule has 0 unspecified atom stereocenters. The van der Waals surface area contributed by atoms with Crippen LogP contribution < -0.4 is 5.73 Å². The van der Waals surface area contributed by atoms with Crippen molar-refractivity contribution in [3.8, 4) is 0 Å². The van der Waals surface area contributed by atoms with Crippen LogP contribution in [0.25, 0.3) is 0 Å². The number of nitrogens with zero attached hydrogens (tertiary/aromatic N) is 1. The summed E-state index contributed by atoms with van der Waals surface area (Å²) in [6.45, 7) is 2.55. The SMILES string of the molecule is CN(C)CCOCCCOC(=O)c1ccc(N)cc1. The molecule has 106 valence electrons. The zero-order valence-electron chi connectivity index (χ0n) is 11.6. The number of anilines is 1. The Bertz CT molecular complexity index is 377. The Hall–Kier alpha value is -1.59. The average Bonchev–Trinajstić information content (AvgIpc) is 2.38. The Morgan fingerprint density at radius 3 is 2.47 bits per heavy atom. The number of carbonyl (C=O) groups is 1. The van der Waals surface area contributed by atoms with Crippen molar-refractivity contribution >= 4 is 11.7 Å². The van der Waals surface area contributed by atoms with E-state index < -0.39 is 0 Å². The van der Waals surface area contributed by atoms with Crippen LogP contribution >= 0.6 is 0 Å². The summed E-state index contributed by atoms with van der Waals surface area (Å²) in [4.78, 5) is 13.7. The van der Waals surface area contributed by atoms with Crippen molar-refractivity contribution in [2.75, 3.05) is 46.2 Å². The minimum absolute atomic E-state index is 0.326. The van der Waals surface area contributed by atoms with Crippen molar-refractivity contribution in [1.29, 1.82) is 0 Å². The fourth-order valence-corrected chi connectivity index (χ4v) is 1.38. The van der Waals surface area contributed by atoms with Crippen molar-refractivity contribution in [3.05, 3.63) is 29.8 Å². The highest BCUT2D eigenvalue weighted by Crippen LogP contribution is 2.06. The molecule has 0 aromatic heterocycles. The van der Waals surface area contributed by atoms with Gasteiger partial charge in [-0.3, -0.25) is 0 Å². The first-order valence-corrected chi connectivity index (χ1v) is 6.34. The number of likely N-dealkylation sites (N-methyl/N-ethyl adjacent to an activating group) is 1. The van der Waals surface area contributed by atoms with E-state index in [0.29, 0.717) is 37.5 Å². The first-order chi connectivity index (χ1) is 9.09. The van der Waals surface area contributed by atoms with Gasteiger partial charge in [-0.1, -0.05) is 0 Å². The van der Waals surface area contributed by atoms with E-state index in [4.69, 9.17) is 15.2 Å². The topological polar surface area (TPSA) is 64.8 Å². The lowest BCUT2D eigenvalue weighted by Crippen LogP contribution is -2.18. The minimum atomic E-state index is -0.326. The fraction of sp³-hybridized carbons (Fsp3) is 0.500. The van der Waals surface area contributed by atoms with Crippen LogP contribution in [-0.4, -0.2) is 51.3 Å². The number of nitrogens with two attached hydrogens (primary N) is 1. The summed E-state index contributed by atoms with van der Waals surface area (Å²) >= 11 is 0. The van der Waals surface area contributed by atoms with Crippen LogP contribution in [0, 0.1) is 0 Å². The molecule has 0 aliphatic carbocycles. The molecule has 1 aromatic rings. The quantitative estimate of drug-likeness (QED) is 0.437. The Labute approximate surface area is 114 Å². The predicted octanol–water partition coefficient (Wildman–Crippen LogP) is 1.39. The maximum atomic E-state index is 11.6.